The Bertz CT molecular complexity index is 329. The molecule has 0 amide bonds. The largest absolute Gasteiger partial charge is 0.522 e. The van der Waals surface area contributed by atoms with Crippen molar-refractivity contribution in [3.05, 3.63) is 0 Å². The normalized spacial score (nSPS) is 13.5. The Hall–Kier alpha value is -0.520. The van der Waals surface area contributed by atoms with Gasteiger partial charge in [0.2, 0.25) is 0 Å². The van der Waals surface area contributed by atoms with E-state index in [1.807, 2.05) is 6.26 Å². The van der Waals surface area contributed by atoms with Crippen LogP contribution in [0.2, 0.25) is 0 Å². The molecule has 0 radical (unpaired) electrons. The van der Waals surface area contributed by atoms with Crippen molar-refractivity contribution >= 4 is 27.8 Å². The van der Waals surface area contributed by atoms with Crippen LogP contribution in [0.25, 0.3) is 0 Å². The van der Waals surface area contributed by atoms with E-state index in [-0.39, 0.29) is 0 Å². The first-order valence-corrected chi connectivity index (χ1v) is 6.78. The number of aliphatic carboxylic acids is 1. The van der Waals surface area contributed by atoms with Gasteiger partial charge in [-0.1, -0.05) is 0 Å². The van der Waals surface area contributed by atoms with Crippen molar-refractivity contribution in [3.63, 3.8) is 0 Å². The first-order chi connectivity index (χ1) is 7.43. The summed E-state index contributed by atoms with van der Waals surface area (Å²) in [5.74, 6) is -0.1000. The van der Waals surface area contributed by atoms with Crippen LogP contribution in [-0.4, -0.2) is 47.6 Å². The molecule has 0 spiro atoms. The van der Waals surface area contributed by atoms with E-state index in [9.17, 15) is 18.0 Å². The van der Waals surface area contributed by atoms with E-state index in [0.717, 1.165) is 5.75 Å². The number of carboxylic acids is 1. The molecule has 0 rings (SSSR count). The number of hydrogen-bond acceptors (Lipinski definition) is 5. The number of rotatable bonds is 4. The van der Waals surface area contributed by atoms with Crippen molar-refractivity contribution in [1.29, 1.82) is 0 Å². The van der Waals surface area contributed by atoms with Gasteiger partial charge in [-0.3, -0.25) is 9.35 Å². The number of carboxylic acid groups (broad SMARTS) is 1. The predicted octanol–water partition coefficient (Wildman–Crippen LogP) is 0.545. The van der Waals surface area contributed by atoms with Crippen molar-refractivity contribution in [3.8, 4) is 0 Å². The van der Waals surface area contributed by atoms with Crippen LogP contribution in [0.3, 0.4) is 0 Å². The standard InChI is InChI=1S/C5H11NO2S.CHF3O3S/c1-9-3-2-4(6)5(7)8;2-1(3,4)8(5,6)7/h4H,2-3,6H2,1H3,(H,7,8);(H,5,6,7). The Labute approximate surface area is 100 Å². The van der Waals surface area contributed by atoms with Crippen LogP contribution < -0.4 is 5.73 Å². The van der Waals surface area contributed by atoms with Crippen LogP contribution in [0.4, 0.5) is 13.2 Å². The molecule has 0 heterocycles. The predicted molar refractivity (Wildman–Crippen MR) is 56.2 cm³/mol. The Morgan fingerprint density at radius 1 is 1.47 bits per heavy atom. The van der Waals surface area contributed by atoms with E-state index in [4.69, 9.17) is 23.8 Å². The molecule has 0 aliphatic heterocycles. The molecular weight excluding hydrogens is 287 g/mol. The first kappa shape index (κ1) is 18.8. The second kappa shape index (κ2) is 7.74. The Kier molecular flexibility index (Phi) is 8.57. The van der Waals surface area contributed by atoms with Crippen LogP contribution in [0.1, 0.15) is 6.42 Å². The summed E-state index contributed by atoms with van der Waals surface area (Å²) in [6.45, 7) is 0. The van der Waals surface area contributed by atoms with Gasteiger partial charge in [-0.15, -0.1) is 0 Å². The number of carbonyl (C=O) groups is 1. The SMILES string of the molecule is CSCCC(N)C(=O)O.O=S(=O)(O)C(F)(F)F. The molecule has 1 atom stereocenters. The molecule has 6 nitrogen and oxygen atoms in total. The summed E-state index contributed by atoms with van der Waals surface area (Å²) in [5.41, 5.74) is -0.345. The lowest BCUT2D eigenvalue weighted by atomic mass is 10.2. The van der Waals surface area contributed by atoms with Crippen molar-refractivity contribution in [2.75, 3.05) is 12.0 Å². The van der Waals surface area contributed by atoms with E-state index >= 15 is 0 Å². The lowest BCUT2D eigenvalue weighted by Gasteiger charge is -2.02. The van der Waals surface area contributed by atoms with Gasteiger partial charge in [-0.05, 0) is 18.4 Å². The molecule has 0 aliphatic carbocycles. The number of thioether (sulfide) groups is 1. The third-order valence-corrected chi connectivity index (χ3v) is 2.47. The molecule has 1 unspecified atom stereocenters. The minimum atomic E-state index is -5.84. The van der Waals surface area contributed by atoms with Crippen LogP contribution in [0.15, 0.2) is 0 Å². The van der Waals surface area contributed by atoms with Crippen molar-refractivity contribution in [1.82, 2.24) is 0 Å². The third-order valence-electron chi connectivity index (χ3n) is 1.24. The zero-order chi connectivity index (χ0) is 14.3. The summed E-state index contributed by atoms with van der Waals surface area (Å²) in [6, 6.07) is -0.683. The van der Waals surface area contributed by atoms with Crippen LogP contribution in [0, 0.1) is 0 Å². The highest BCUT2D eigenvalue weighted by Crippen LogP contribution is 2.20. The van der Waals surface area contributed by atoms with Crippen LogP contribution in [-0.2, 0) is 14.9 Å². The van der Waals surface area contributed by atoms with E-state index in [2.05, 4.69) is 0 Å². The minimum Gasteiger partial charge on any atom is -0.480 e. The maximum atomic E-state index is 10.7. The average Bonchev–Trinajstić information content (AvgIpc) is 2.11. The van der Waals surface area contributed by atoms with Crippen molar-refractivity contribution in [2.45, 2.75) is 18.0 Å². The maximum absolute atomic E-state index is 10.7. The molecule has 104 valence electrons. The van der Waals surface area contributed by atoms with Crippen molar-refractivity contribution in [2.24, 2.45) is 5.73 Å². The van der Waals surface area contributed by atoms with Gasteiger partial charge in [0.15, 0.2) is 0 Å². The number of halogens is 3. The molecule has 4 N–H and O–H groups in total. The average molecular weight is 299 g/mol. The van der Waals surface area contributed by atoms with Gasteiger partial charge in [-0.25, -0.2) is 0 Å². The molecule has 0 saturated carbocycles. The minimum absolute atomic E-state index is 0.552. The van der Waals surface area contributed by atoms with Gasteiger partial charge in [0.1, 0.15) is 6.04 Å². The fourth-order valence-corrected chi connectivity index (χ4v) is 0.858. The molecule has 0 aromatic rings. The molecular formula is C6H12F3NO5S2. The van der Waals surface area contributed by atoms with E-state index in [0.29, 0.717) is 6.42 Å². The smallest absolute Gasteiger partial charge is 0.480 e. The summed E-state index contributed by atoms with van der Waals surface area (Å²) < 4.78 is 57.5. The lowest BCUT2D eigenvalue weighted by Crippen LogP contribution is -2.30. The van der Waals surface area contributed by atoms with Gasteiger partial charge in [-0.2, -0.15) is 33.4 Å². The molecule has 0 aromatic carbocycles. The monoisotopic (exact) mass is 299 g/mol. The quantitative estimate of drug-likeness (QED) is 0.512. The number of nitrogens with two attached hydrogens (primary N) is 1. The topological polar surface area (TPSA) is 118 Å². The summed E-state index contributed by atoms with van der Waals surface area (Å²) >= 11 is 1.60. The van der Waals surface area contributed by atoms with Crippen molar-refractivity contribution < 1.29 is 36.0 Å². The Balaban J connectivity index is 0. The van der Waals surface area contributed by atoms with E-state index in [1.54, 1.807) is 11.8 Å². The molecule has 0 aromatic heterocycles. The zero-order valence-corrected chi connectivity index (χ0v) is 10.3. The molecule has 0 saturated heterocycles. The second-order valence-electron chi connectivity index (χ2n) is 2.65. The first-order valence-electron chi connectivity index (χ1n) is 3.94. The maximum Gasteiger partial charge on any atom is 0.522 e. The van der Waals surface area contributed by atoms with Gasteiger partial charge >= 0.3 is 21.6 Å². The summed E-state index contributed by atoms with van der Waals surface area (Å²) in [5, 5.41) is 8.27. The highest BCUT2D eigenvalue weighted by molar-refractivity contribution is 7.98. The van der Waals surface area contributed by atoms with Gasteiger partial charge in [0.05, 0.1) is 0 Å². The third kappa shape index (κ3) is 10.4. The molecule has 0 fully saturated rings. The number of alkyl halides is 3. The number of hydrogen-bond donors (Lipinski definition) is 3. The highest BCUT2D eigenvalue weighted by Gasteiger charge is 2.44. The summed E-state index contributed by atoms with van der Waals surface area (Å²) in [7, 11) is -5.84. The summed E-state index contributed by atoms with van der Waals surface area (Å²) in [4.78, 5) is 10.1. The molecule has 17 heavy (non-hydrogen) atoms. The fourth-order valence-electron chi connectivity index (χ4n) is 0.368. The zero-order valence-electron chi connectivity index (χ0n) is 8.64. The van der Waals surface area contributed by atoms with Gasteiger partial charge in [0.25, 0.3) is 0 Å². The van der Waals surface area contributed by atoms with Gasteiger partial charge < -0.3 is 10.8 Å². The van der Waals surface area contributed by atoms with Crippen LogP contribution in [0.5, 0.6) is 0 Å². The summed E-state index contributed by atoms with van der Waals surface area (Å²) in [6.07, 6.45) is 2.48. The fraction of sp³-hybridized carbons (Fsp3) is 0.833. The second-order valence-corrected chi connectivity index (χ2v) is 5.05. The molecule has 0 bridgehead atoms. The Morgan fingerprint density at radius 3 is 2.00 bits per heavy atom. The molecule has 0 aliphatic rings. The Morgan fingerprint density at radius 2 is 1.82 bits per heavy atom. The highest BCUT2D eigenvalue weighted by atomic mass is 32.2. The lowest BCUT2D eigenvalue weighted by molar-refractivity contribution is -0.138. The van der Waals surface area contributed by atoms with Crippen LogP contribution >= 0.6 is 11.8 Å². The van der Waals surface area contributed by atoms with Gasteiger partial charge in [0, 0.05) is 0 Å². The van der Waals surface area contributed by atoms with E-state index in [1.165, 1.54) is 0 Å². The molecule has 11 heteroatoms. The van der Waals surface area contributed by atoms with E-state index < -0.39 is 27.6 Å².